The van der Waals surface area contributed by atoms with Gasteiger partial charge in [-0.15, -0.1) is 0 Å². The van der Waals surface area contributed by atoms with Gasteiger partial charge in [0.25, 0.3) is 5.91 Å². The van der Waals surface area contributed by atoms with E-state index in [0.717, 1.165) is 27.7 Å². The number of nitrogens with zero attached hydrogens (tertiary/aromatic N) is 2. The van der Waals surface area contributed by atoms with E-state index in [9.17, 15) is 14.7 Å². The number of aliphatic hydroxyl groups is 1. The molecule has 1 aromatic heterocycles. The zero-order valence-corrected chi connectivity index (χ0v) is 15.0. The van der Waals surface area contributed by atoms with E-state index < -0.39 is 24.7 Å². The molecule has 4 N–H and O–H groups in total. The van der Waals surface area contributed by atoms with Crippen molar-refractivity contribution in [3.05, 3.63) is 53.7 Å². The molecule has 0 aliphatic rings. The molecule has 0 spiro atoms. The van der Waals surface area contributed by atoms with E-state index in [1.807, 2.05) is 44.2 Å². The highest BCUT2D eigenvalue weighted by atomic mass is 16.6. The summed E-state index contributed by atoms with van der Waals surface area (Å²) < 4.78 is 6.39. The molecule has 0 saturated heterocycles. The predicted octanol–water partition coefficient (Wildman–Crippen LogP) is 2.04. The summed E-state index contributed by atoms with van der Waals surface area (Å²) in [4.78, 5) is 23.1. The number of aryl methyl sites for hydroxylation is 2. The van der Waals surface area contributed by atoms with Crippen molar-refractivity contribution in [3.63, 3.8) is 0 Å². The summed E-state index contributed by atoms with van der Waals surface area (Å²) in [6.07, 6.45) is -0.753. The standard InChI is InChI=1S/C19H20N4O4/c1-11-4-3-5-14(6-11)23-16-8-15(12(2)7-13(16)9-21-23)22-18(25)17(10-24)27-19(20)26/h3-9,17,24H,10H2,1-2H3,(H2,20,26)(H,22,25)/t17-/m0/s1. The van der Waals surface area contributed by atoms with Gasteiger partial charge in [-0.1, -0.05) is 12.1 Å². The zero-order chi connectivity index (χ0) is 19.6. The zero-order valence-electron chi connectivity index (χ0n) is 15.0. The maximum Gasteiger partial charge on any atom is 0.405 e. The van der Waals surface area contributed by atoms with E-state index in [2.05, 4.69) is 15.2 Å². The number of aromatic nitrogens is 2. The Morgan fingerprint density at radius 2 is 2.07 bits per heavy atom. The highest BCUT2D eigenvalue weighted by Crippen LogP contribution is 2.26. The lowest BCUT2D eigenvalue weighted by atomic mass is 10.1. The van der Waals surface area contributed by atoms with Gasteiger partial charge in [0.2, 0.25) is 6.10 Å². The minimum absolute atomic E-state index is 0.522. The molecule has 1 atom stereocenters. The summed E-state index contributed by atoms with van der Waals surface area (Å²) in [5, 5.41) is 17.3. The van der Waals surface area contributed by atoms with Crippen LogP contribution in [0.1, 0.15) is 11.1 Å². The van der Waals surface area contributed by atoms with Crippen molar-refractivity contribution in [1.29, 1.82) is 0 Å². The van der Waals surface area contributed by atoms with Gasteiger partial charge in [0.1, 0.15) is 0 Å². The molecule has 3 rings (SSSR count). The Kier molecular flexibility index (Phi) is 5.09. The van der Waals surface area contributed by atoms with Gasteiger partial charge in [-0.25, -0.2) is 9.48 Å². The first-order chi connectivity index (χ1) is 12.9. The van der Waals surface area contributed by atoms with Crippen LogP contribution in [0.4, 0.5) is 10.5 Å². The molecule has 2 amide bonds. The maximum absolute atomic E-state index is 12.3. The van der Waals surface area contributed by atoms with Gasteiger partial charge in [-0.05, 0) is 49.2 Å². The monoisotopic (exact) mass is 368 g/mol. The third kappa shape index (κ3) is 3.90. The summed E-state index contributed by atoms with van der Waals surface area (Å²) in [5.74, 6) is -0.666. The molecule has 140 valence electrons. The van der Waals surface area contributed by atoms with Crippen LogP contribution >= 0.6 is 0 Å². The van der Waals surface area contributed by atoms with E-state index in [1.54, 1.807) is 16.9 Å². The summed E-state index contributed by atoms with van der Waals surface area (Å²) in [5.41, 5.74) is 9.05. The average Bonchev–Trinajstić information content (AvgIpc) is 3.02. The van der Waals surface area contributed by atoms with Gasteiger partial charge in [0.05, 0.1) is 24.0 Å². The quantitative estimate of drug-likeness (QED) is 0.637. The SMILES string of the molecule is Cc1cccc(-n2ncc3cc(C)c(NC(=O)[C@H](CO)OC(N)=O)cc32)c1. The molecule has 0 saturated carbocycles. The number of anilines is 1. The Bertz CT molecular complexity index is 1010. The van der Waals surface area contributed by atoms with Crippen LogP contribution in [0.3, 0.4) is 0 Å². The van der Waals surface area contributed by atoms with Crippen molar-refractivity contribution in [2.24, 2.45) is 5.73 Å². The van der Waals surface area contributed by atoms with Crippen molar-refractivity contribution in [1.82, 2.24) is 9.78 Å². The second-order valence-corrected chi connectivity index (χ2v) is 6.22. The Hall–Kier alpha value is -3.39. The van der Waals surface area contributed by atoms with Crippen molar-refractivity contribution < 1.29 is 19.4 Å². The lowest BCUT2D eigenvalue weighted by Crippen LogP contribution is -2.37. The summed E-state index contributed by atoms with van der Waals surface area (Å²) >= 11 is 0. The highest BCUT2D eigenvalue weighted by Gasteiger charge is 2.22. The third-order valence-electron chi connectivity index (χ3n) is 4.13. The van der Waals surface area contributed by atoms with Crippen molar-refractivity contribution >= 4 is 28.6 Å². The first-order valence-electron chi connectivity index (χ1n) is 8.32. The third-order valence-corrected chi connectivity index (χ3v) is 4.13. The number of nitrogens with two attached hydrogens (primary N) is 1. The number of rotatable bonds is 5. The fourth-order valence-electron chi connectivity index (χ4n) is 2.82. The number of fused-ring (bicyclic) bond motifs is 1. The smallest absolute Gasteiger partial charge is 0.405 e. The Labute approximate surface area is 155 Å². The number of ether oxygens (including phenoxy) is 1. The van der Waals surface area contributed by atoms with Crippen LogP contribution in [0.5, 0.6) is 0 Å². The van der Waals surface area contributed by atoms with Crippen LogP contribution in [-0.2, 0) is 9.53 Å². The average molecular weight is 368 g/mol. The molecule has 8 nitrogen and oxygen atoms in total. The summed E-state index contributed by atoms with van der Waals surface area (Å²) in [6.45, 7) is 3.16. The Balaban J connectivity index is 1.97. The van der Waals surface area contributed by atoms with Gasteiger partial charge in [0.15, 0.2) is 0 Å². The molecular weight excluding hydrogens is 348 g/mol. The first kappa shape index (κ1) is 18.4. The molecule has 0 fully saturated rings. The van der Waals surface area contributed by atoms with Crippen LogP contribution in [-0.4, -0.2) is 39.6 Å². The van der Waals surface area contributed by atoms with Crippen LogP contribution in [0.25, 0.3) is 16.6 Å². The number of carbonyl (C=O) groups excluding carboxylic acids is 2. The molecule has 1 heterocycles. The molecule has 8 heteroatoms. The molecule has 0 unspecified atom stereocenters. The van der Waals surface area contributed by atoms with E-state index >= 15 is 0 Å². The van der Waals surface area contributed by atoms with Crippen LogP contribution in [0, 0.1) is 13.8 Å². The number of aliphatic hydroxyl groups excluding tert-OH is 1. The second-order valence-electron chi connectivity index (χ2n) is 6.22. The number of hydrogen-bond donors (Lipinski definition) is 3. The molecule has 0 aliphatic carbocycles. The Morgan fingerprint density at radius 1 is 1.30 bits per heavy atom. The molecule has 0 bridgehead atoms. The minimum atomic E-state index is -1.38. The van der Waals surface area contributed by atoms with Crippen molar-refractivity contribution in [2.75, 3.05) is 11.9 Å². The van der Waals surface area contributed by atoms with E-state index in [-0.39, 0.29) is 0 Å². The second kappa shape index (κ2) is 7.46. The van der Waals surface area contributed by atoms with Gasteiger partial charge in [0, 0.05) is 11.1 Å². The predicted molar refractivity (Wildman–Crippen MR) is 101 cm³/mol. The lowest BCUT2D eigenvalue weighted by Gasteiger charge is -2.15. The number of primary amides is 1. The number of benzene rings is 2. The van der Waals surface area contributed by atoms with Crippen molar-refractivity contribution in [2.45, 2.75) is 20.0 Å². The largest absolute Gasteiger partial charge is 0.434 e. The van der Waals surface area contributed by atoms with Gasteiger partial charge >= 0.3 is 6.09 Å². The molecule has 2 aromatic carbocycles. The molecule has 27 heavy (non-hydrogen) atoms. The van der Waals surface area contributed by atoms with Gasteiger partial charge in [-0.2, -0.15) is 5.10 Å². The van der Waals surface area contributed by atoms with E-state index in [1.165, 1.54) is 0 Å². The minimum Gasteiger partial charge on any atom is -0.434 e. The van der Waals surface area contributed by atoms with Gasteiger partial charge < -0.3 is 20.9 Å². The van der Waals surface area contributed by atoms with E-state index in [0.29, 0.717) is 5.69 Å². The molecule has 0 aliphatic heterocycles. The van der Waals surface area contributed by atoms with Crippen LogP contribution in [0.15, 0.2) is 42.6 Å². The number of carbonyl (C=O) groups is 2. The summed E-state index contributed by atoms with van der Waals surface area (Å²) in [6, 6.07) is 11.6. The van der Waals surface area contributed by atoms with Gasteiger partial charge in [-0.3, -0.25) is 4.79 Å². The lowest BCUT2D eigenvalue weighted by molar-refractivity contribution is -0.125. The maximum atomic E-state index is 12.3. The van der Waals surface area contributed by atoms with E-state index in [4.69, 9.17) is 5.73 Å². The number of nitrogens with one attached hydrogen (secondary N) is 1. The number of hydrogen-bond acceptors (Lipinski definition) is 5. The van der Waals surface area contributed by atoms with Crippen molar-refractivity contribution in [3.8, 4) is 5.69 Å². The summed E-state index contributed by atoms with van der Waals surface area (Å²) in [7, 11) is 0. The topological polar surface area (TPSA) is 119 Å². The molecular formula is C19H20N4O4. The molecule has 3 aromatic rings. The molecule has 0 radical (unpaired) electrons. The Morgan fingerprint density at radius 3 is 2.74 bits per heavy atom. The fourth-order valence-corrected chi connectivity index (χ4v) is 2.82. The normalized spacial score (nSPS) is 12.0. The first-order valence-corrected chi connectivity index (χ1v) is 8.32. The number of amides is 2. The van der Waals surface area contributed by atoms with Crippen LogP contribution < -0.4 is 11.1 Å². The fraction of sp³-hybridized carbons (Fsp3) is 0.211. The highest BCUT2D eigenvalue weighted by molar-refractivity contribution is 5.98. The van der Waals surface area contributed by atoms with Crippen LogP contribution in [0.2, 0.25) is 0 Å².